The molecule has 0 heterocycles. The van der Waals surface area contributed by atoms with Crippen molar-refractivity contribution in [3.63, 3.8) is 0 Å². The van der Waals surface area contributed by atoms with E-state index in [1.807, 2.05) is 20.8 Å². The summed E-state index contributed by atoms with van der Waals surface area (Å²) >= 11 is 0. The lowest BCUT2D eigenvalue weighted by Crippen LogP contribution is -2.48. The Balaban J connectivity index is 2.42. The first-order valence-electron chi connectivity index (χ1n) is 8.07. The maximum Gasteiger partial charge on any atom is 0.419 e. The molecular weight excluding hydrogens is 349 g/mol. The maximum atomic E-state index is 12.9. The number of hydrogen-bond acceptors (Lipinski definition) is 3. The van der Waals surface area contributed by atoms with E-state index in [0.717, 1.165) is 6.07 Å². The molecule has 0 bridgehead atoms. The average molecular weight is 374 g/mol. The van der Waals surface area contributed by atoms with Crippen LogP contribution in [0.3, 0.4) is 0 Å². The van der Waals surface area contributed by atoms with E-state index in [0.29, 0.717) is 5.96 Å². The molecule has 1 rings (SSSR count). The van der Waals surface area contributed by atoms with Crippen molar-refractivity contribution >= 4 is 11.9 Å². The van der Waals surface area contributed by atoms with Crippen LogP contribution in [0.25, 0.3) is 0 Å². The lowest BCUT2D eigenvalue weighted by atomic mass is 10.1. The van der Waals surface area contributed by atoms with Gasteiger partial charge in [0, 0.05) is 12.6 Å². The highest BCUT2D eigenvalue weighted by atomic mass is 19.4. The van der Waals surface area contributed by atoms with Crippen molar-refractivity contribution in [3.05, 3.63) is 29.8 Å². The van der Waals surface area contributed by atoms with Crippen molar-refractivity contribution in [2.75, 3.05) is 26.7 Å². The van der Waals surface area contributed by atoms with Gasteiger partial charge in [0.25, 0.3) is 0 Å². The Morgan fingerprint density at radius 2 is 1.81 bits per heavy atom. The molecule has 0 spiro atoms. The van der Waals surface area contributed by atoms with Gasteiger partial charge in [0.15, 0.2) is 5.96 Å². The van der Waals surface area contributed by atoms with Crippen LogP contribution < -0.4 is 20.7 Å². The number of ether oxygens (including phenoxy) is 1. The van der Waals surface area contributed by atoms with Gasteiger partial charge >= 0.3 is 6.18 Å². The summed E-state index contributed by atoms with van der Waals surface area (Å²) in [5.74, 6) is -0.0770. The van der Waals surface area contributed by atoms with Crippen LogP contribution in [0.2, 0.25) is 0 Å². The molecule has 9 heteroatoms. The van der Waals surface area contributed by atoms with Crippen molar-refractivity contribution in [2.45, 2.75) is 32.5 Å². The van der Waals surface area contributed by atoms with Crippen LogP contribution in [-0.4, -0.2) is 44.1 Å². The minimum Gasteiger partial charge on any atom is -0.491 e. The number of alkyl halides is 3. The molecule has 0 saturated heterocycles. The second-order valence-corrected chi connectivity index (χ2v) is 6.49. The smallest absolute Gasteiger partial charge is 0.419 e. The van der Waals surface area contributed by atoms with E-state index in [1.165, 1.54) is 25.2 Å². The average Bonchev–Trinajstić information content (AvgIpc) is 2.52. The molecule has 0 fully saturated rings. The summed E-state index contributed by atoms with van der Waals surface area (Å²) in [7, 11) is 1.52. The first-order chi connectivity index (χ1) is 12.0. The number of nitrogens with one attached hydrogen (secondary N) is 3. The highest BCUT2D eigenvalue weighted by molar-refractivity contribution is 5.86. The molecule has 1 aromatic carbocycles. The van der Waals surface area contributed by atoms with Crippen LogP contribution in [0.15, 0.2) is 29.3 Å². The summed E-state index contributed by atoms with van der Waals surface area (Å²) < 4.78 is 43.8. The zero-order valence-electron chi connectivity index (χ0n) is 15.3. The van der Waals surface area contributed by atoms with Crippen LogP contribution in [-0.2, 0) is 11.0 Å². The number of rotatable bonds is 6. The number of hydrogen-bond donors (Lipinski definition) is 3. The van der Waals surface area contributed by atoms with Crippen LogP contribution in [0, 0.1) is 0 Å². The second-order valence-electron chi connectivity index (χ2n) is 6.49. The van der Waals surface area contributed by atoms with Gasteiger partial charge in [-0.3, -0.25) is 9.79 Å². The molecule has 3 N–H and O–H groups in total. The largest absolute Gasteiger partial charge is 0.491 e. The van der Waals surface area contributed by atoms with Gasteiger partial charge in [-0.2, -0.15) is 13.2 Å². The number of carbonyl (C=O) groups is 1. The normalized spacial score (nSPS) is 12.5. The summed E-state index contributed by atoms with van der Waals surface area (Å²) in [5.41, 5.74) is -1.16. The Morgan fingerprint density at radius 3 is 2.38 bits per heavy atom. The van der Waals surface area contributed by atoms with Crippen molar-refractivity contribution in [2.24, 2.45) is 4.99 Å². The number of halogens is 3. The van der Waals surface area contributed by atoms with Crippen molar-refractivity contribution in [1.29, 1.82) is 0 Å². The minimum atomic E-state index is -4.47. The molecule has 26 heavy (non-hydrogen) atoms. The van der Waals surface area contributed by atoms with Crippen molar-refractivity contribution in [1.82, 2.24) is 16.0 Å². The third-order valence-corrected chi connectivity index (χ3v) is 3.00. The van der Waals surface area contributed by atoms with E-state index in [4.69, 9.17) is 4.74 Å². The molecule has 0 radical (unpaired) electrons. The number of aliphatic imine (C=N–C) groups is 1. The van der Waals surface area contributed by atoms with Crippen LogP contribution >= 0.6 is 0 Å². The van der Waals surface area contributed by atoms with Crippen molar-refractivity contribution < 1.29 is 22.7 Å². The third kappa shape index (κ3) is 8.09. The second kappa shape index (κ2) is 9.30. The molecule has 1 amide bonds. The highest BCUT2D eigenvalue weighted by Crippen LogP contribution is 2.35. The summed E-state index contributed by atoms with van der Waals surface area (Å²) in [4.78, 5) is 15.7. The van der Waals surface area contributed by atoms with Gasteiger partial charge in [-0.05, 0) is 32.9 Å². The minimum absolute atomic E-state index is 0.00197. The fourth-order valence-corrected chi connectivity index (χ4v) is 2.00. The van der Waals surface area contributed by atoms with Crippen LogP contribution in [0.5, 0.6) is 5.75 Å². The molecule has 0 saturated carbocycles. The Hall–Kier alpha value is -2.45. The van der Waals surface area contributed by atoms with E-state index >= 15 is 0 Å². The molecule has 0 aliphatic heterocycles. The van der Waals surface area contributed by atoms with Gasteiger partial charge < -0.3 is 20.7 Å². The fourth-order valence-electron chi connectivity index (χ4n) is 2.00. The monoisotopic (exact) mass is 374 g/mol. The Morgan fingerprint density at radius 1 is 1.15 bits per heavy atom. The van der Waals surface area contributed by atoms with E-state index in [1.54, 1.807) is 0 Å². The van der Waals surface area contributed by atoms with Crippen LogP contribution in [0.1, 0.15) is 26.3 Å². The molecule has 0 atom stereocenters. The fraction of sp³-hybridized carbons (Fsp3) is 0.529. The molecule has 0 aliphatic rings. The number of carbonyl (C=O) groups excluding carboxylic acids is 1. The summed E-state index contributed by atoms with van der Waals surface area (Å²) in [6, 6.07) is 5.03. The summed E-state index contributed by atoms with van der Waals surface area (Å²) in [6.45, 7) is 5.85. The predicted molar refractivity (Wildman–Crippen MR) is 94.2 cm³/mol. The van der Waals surface area contributed by atoms with Gasteiger partial charge in [0.05, 0.1) is 18.7 Å². The Bertz CT molecular complexity index is 625. The molecule has 146 valence electrons. The molecule has 1 aromatic rings. The third-order valence-electron chi connectivity index (χ3n) is 3.00. The zero-order valence-corrected chi connectivity index (χ0v) is 15.3. The molecule has 0 aromatic heterocycles. The first-order valence-corrected chi connectivity index (χ1v) is 8.07. The lowest BCUT2D eigenvalue weighted by Gasteiger charge is -2.21. The predicted octanol–water partition coefficient (Wildman–Crippen LogP) is 2.16. The van der Waals surface area contributed by atoms with E-state index in [-0.39, 0.29) is 36.9 Å². The van der Waals surface area contributed by atoms with Crippen LogP contribution in [0.4, 0.5) is 13.2 Å². The number of benzene rings is 1. The Kier molecular flexibility index (Phi) is 7.73. The number of para-hydroxylation sites is 1. The van der Waals surface area contributed by atoms with E-state index < -0.39 is 11.7 Å². The van der Waals surface area contributed by atoms with Gasteiger partial charge in [0.2, 0.25) is 5.91 Å². The summed E-state index contributed by atoms with van der Waals surface area (Å²) in [6.07, 6.45) is -4.47. The van der Waals surface area contributed by atoms with Crippen molar-refractivity contribution in [3.8, 4) is 5.75 Å². The van der Waals surface area contributed by atoms with Gasteiger partial charge in [0.1, 0.15) is 12.4 Å². The number of amides is 1. The number of nitrogens with zero attached hydrogens (tertiary/aromatic N) is 1. The standard InChI is InChI=1S/C17H25F3N4O2/c1-16(2,3)24-14(25)11-23-15(21-4)22-9-10-26-13-8-6-5-7-12(13)17(18,19)20/h5-8H,9-11H2,1-4H3,(H,24,25)(H2,21,22,23). The molecular formula is C17H25F3N4O2. The molecule has 0 unspecified atom stereocenters. The number of guanidine groups is 1. The SMILES string of the molecule is CN=C(NCCOc1ccccc1C(F)(F)F)NCC(=O)NC(C)(C)C. The van der Waals surface area contributed by atoms with Gasteiger partial charge in [-0.15, -0.1) is 0 Å². The van der Waals surface area contributed by atoms with E-state index in [2.05, 4.69) is 20.9 Å². The van der Waals surface area contributed by atoms with Gasteiger partial charge in [-0.1, -0.05) is 12.1 Å². The molecule has 0 aliphatic carbocycles. The zero-order chi connectivity index (χ0) is 19.8. The van der Waals surface area contributed by atoms with E-state index in [9.17, 15) is 18.0 Å². The maximum absolute atomic E-state index is 12.9. The highest BCUT2D eigenvalue weighted by Gasteiger charge is 2.33. The molecule has 6 nitrogen and oxygen atoms in total. The summed E-state index contributed by atoms with van der Waals surface area (Å²) in [5, 5.41) is 8.48. The first kappa shape index (κ1) is 21.6. The quantitative estimate of drug-likeness (QED) is 0.405. The van der Waals surface area contributed by atoms with Gasteiger partial charge in [-0.25, -0.2) is 0 Å². The topological polar surface area (TPSA) is 74.8 Å². The lowest BCUT2D eigenvalue weighted by molar-refractivity contribution is -0.139. The Labute approximate surface area is 151 Å².